The van der Waals surface area contributed by atoms with E-state index in [1.807, 2.05) is 42.5 Å². The molecular formula is C25H24ClNO2. The standard InChI is InChI=1S/C25H24ClNO2/c1-2-3-14-27-21(15-18-4-8-22(28)9-5-18)16-19-17-24(12-13-25(19)27)29-23-10-6-20(26)7-11-23/h4-13,16-17,28H,2-3,14-15H2,1H3. The van der Waals surface area contributed by atoms with Crippen LogP contribution < -0.4 is 4.74 Å². The number of hydrogen-bond acceptors (Lipinski definition) is 2. The summed E-state index contributed by atoms with van der Waals surface area (Å²) in [6.45, 7) is 3.20. The van der Waals surface area contributed by atoms with Crippen molar-refractivity contribution < 1.29 is 9.84 Å². The van der Waals surface area contributed by atoms with Crippen molar-refractivity contribution in [3.63, 3.8) is 0 Å². The molecule has 29 heavy (non-hydrogen) atoms. The zero-order valence-electron chi connectivity index (χ0n) is 16.4. The Hall–Kier alpha value is -2.91. The minimum absolute atomic E-state index is 0.296. The van der Waals surface area contributed by atoms with Crippen molar-refractivity contribution >= 4 is 22.5 Å². The summed E-state index contributed by atoms with van der Waals surface area (Å²) in [5, 5.41) is 11.4. The topological polar surface area (TPSA) is 34.4 Å². The lowest BCUT2D eigenvalue weighted by atomic mass is 10.1. The molecule has 1 heterocycles. The Labute approximate surface area is 176 Å². The minimum atomic E-state index is 0.296. The number of halogens is 1. The van der Waals surface area contributed by atoms with Gasteiger partial charge in [-0.25, -0.2) is 0 Å². The first-order chi connectivity index (χ1) is 14.1. The summed E-state index contributed by atoms with van der Waals surface area (Å²) in [4.78, 5) is 0. The highest BCUT2D eigenvalue weighted by Gasteiger charge is 2.11. The van der Waals surface area contributed by atoms with Crippen LogP contribution in [-0.4, -0.2) is 9.67 Å². The highest BCUT2D eigenvalue weighted by molar-refractivity contribution is 6.30. The first-order valence-corrected chi connectivity index (χ1v) is 10.3. The van der Waals surface area contributed by atoms with Crippen LogP contribution in [0.15, 0.2) is 72.8 Å². The van der Waals surface area contributed by atoms with Gasteiger partial charge in [-0.05, 0) is 72.6 Å². The molecule has 3 nitrogen and oxygen atoms in total. The van der Waals surface area contributed by atoms with Gasteiger partial charge in [0, 0.05) is 34.6 Å². The molecule has 148 valence electrons. The normalized spacial score (nSPS) is 11.1. The van der Waals surface area contributed by atoms with E-state index >= 15 is 0 Å². The van der Waals surface area contributed by atoms with Crippen LogP contribution in [0.4, 0.5) is 0 Å². The molecule has 0 fully saturated rings. The Balaban J connectivity index is 1.66. The highest BCUT2D eigenvalue weighted by Crippen LogP contribution is 2.30. The third-order valence-corrected chi connectivity index (χ3v) is 5.32. The van der Waals surface area contributed by atoms with Crippen LogP contribution >= 0.6 is 11.6 Å². The van der Waals surface area contributed by atoms with Crippen LogP contribution in [0.2, 0.25) is 5.02 Å². The molecular weight excluding hydrogens is 382 g/mol. The zero-order chi connectivity index (χ0) is 20.2. The second kappa shape index (κ2) is 8.62. The summed E-state index contributed by atoms with van der Waals surface area (Å²) in [5.74, 6) is 1.87. The predicted molar refractivity (Wildman–Crippen MR) is 119 cm³/mol. The third-order valence-electron chi connectivity index (χ3n) is 5.06. The van der Waals surface area contributed by atoms with E-state index in [0.717, 1.165) is 37.3 Å². The fraction of sp³-hybridized carbons (Fsp3) is 0.200. The van der Waals surface area contributed by atoms with Crippen molar-refractivity contribution in [3.05, 3.63) is 89.1 Å². The molecule has 0 spiro atoms. The number of ether oxygens (including phenoxy) is 1. The SMILES string of the molecule is CCCCn1c(Cc2ccc(O)cc2)cc2cc(Oc3ccc(Cl)cc3)ccc21. The van der Waals surface area contributed by atoms with Gasteiger partial charge in [-0.3, -0.25) is 0 Å². The maximum Gasteiger partial charge on any atom is 0.128 e. The molecule has 0 unspecified atom stereocenters. The molecule has 1 aromatic heterocycles. The molecule has 4 aromatic rings. The monoisotopic (exact) mass is 405 g/mol. The number of benzene rings is 3. The molecule has 0 radical (unpaired) electrons. The molecule has 0 saturated heterocycles. The molecule has 0 amide bonds. The van der Waals surface area contributed by atoms with Gasteiger partial charge in [-0.1, -0.05) is 37.1 Å². The Bertz CT molecular complexity index is 1100. The van der Waals surface area contributed by atoms with E-state index in [4.69, 9.17) is 16.3 Å². The molecule has 0 aliphatic heterocycles. The Morgan fingerprint density at radius 1 is 0.897 bits per heavy atom. The van der Waals surface area contributed by atoms with E-state index in [1.54, 1.807) is 12.1 Å². The fourth-order valence-corrected chi connectivity index (χ4v) is 3.68. The fourth-order valence-electron chi connectivity index (χ4n) is 3.56. The number of aromatic hydroxyl groups is 1. The van der Waals surface area contributed by atoms with E-state index in [-0.39, 0.29) is 0 Å². The van der Waals surface area contributed by atoms with E-state index < -0.39 is 0 Å². The second-order valence-electron chi connectivity index (χ2n) is 7.26. The molecule has 3 aromatic carbocycles. The van der Waals surface area contributed by atoms with Gasteiger partial charge in [0.05, 0.1) is 0 Å². The van der Waals surface area contributed by atoms with E-state index in [9.17, 15) is 5.11 Å². The maximum atomic E-state index is 9.55. The van der Waals surface area contributed by atoms with Gasteiger partial charge in [-0.15, -0.1) is 0 Å². The number of phenolic OH excluding ortho intramolecular Hbond substituents is 1. The van der Waals surface area contributed by atoms with Crippen LogP contribution in [0.1, 0.15) is 31.0 Å². The Kier molecular flexibility index (Phi) is 5.77. The van der Waals surface area contributed by atoms with E-state index in [1.165, 1.54) is 22.2 Å². The van der Waals surface area contributed by atoms with Crippen LogP contribution in [0.25, 0.3) is 10.9 Å². The molecule has 0 aliphatic rings. The number of nitrogens with zero attached hydrogens (tertiary/aromatic N) is 1. The lowest BCUT2D eigenvalue weighted by molar-refractivity contribution is 0.475. The van der Waals surface area contributed by atoms with Gasteiger partial charge >= 0.3 is 0 Å². The van der Waals surface area contributed by atoms with Gasteiger partial charge in [0.25, 0.3) is 0 Å². The summed E-state index contributed by atoms with van der Waals surface area (Å²) < 4.78 is 8.41. The van der Waals surface area contributed by atoms with Gasteiger partial charge in [0.1, 0.15) is 17.2 Å². The van der Waals surface area contributed by atoms with Crippen molar-refractivity contribution in [1.82, 2.24) is 4.57 Å². The molecule has 0 saturated carbocycles. The summed E-state index contributed by atoms with van der Waals surface area (Å²) >= 11 is 5.96. The first-order valence-electron chi connectivity index (χ1n) is 9.96. The Morgan fingerprint density at radius 3 is 2.34 bits per heavy atom. The van der Waals surface area contributed by atoms with E-state index in [0.29, 0.717) is 10.8 Å². The summed E-state index contributed by atoms with van der Waals surface area (Å²) in [6, 6.07) is 23.3. The van der Waals surface area contributed by atoms with E-state index in [2.05, 4.69) is 29.7 Å². The van der Waals surface area contributed by atoms with Gasteiger partial charge in [0.2, 0.25) is 0 Å². The Morgan fingerprint density at radius 2 is 1.62 bits per heavy atom. The third kappa shape index (κ3) is 4.57. The average Bonchev–Trinajstić information content (AvgIpc) is 3.06. The molecule has 4 rings (SSSR count). The van der Waals surface area contributed by atoms with Gasteiger partial charge in [-0.2, -0.15) is 0 Å². The average molecular weight is 406 g/mol. The summed E-state index contributed by atoms with van der Waals surface area (Å²) in [7, 11) is 0. The van der Waals surface area contributed by atoms with Crippen molar-refractivity contribution in [2.75, 3.05) is 0 Å². The number of aromatic nitrogens is 1. The van der Waals surface area contributed by atoms with Crippen LogP contribution in [0, 0.1) is 0 Å². The predicted octanol–water partition coefficient (Wildman–Crippen LogP) is 7.18. The maximum absolute atomic E-state index is 9.55. The van der Waals surface area contributed by atoms with Crippen molar-refractivity contribution in [2.45, 2.75) is 32.7 Å². The summed E-state index contributed by atoms with van der Waals surface area (Å²) in [5.41, 5.74) is 3.67. The first kappa shape index (κ1) is 19.4. The number of rotatable bonds is 7. The number of unbranched alkanes of at least 4 members (excludes halogenated alkanes) is 1. The number of fused-ring (bicyclic) bond motifs is 1. The smallest absolute Gasteiger partial charge is 0.128 e. The van der Waals surface area contributed by atoms with Gasteiger partial charge in [0.15, 0.2) is 0 Å². The van der Waals surface area contributed by atoms with Crippen molar-refractivity contribution in [2.24, 2.45) is 0 Å². The lowest BCUT2D eigenvalue weighted by Gasteiger charge is -2.11. The number of aryl methyl sites for hydroxylation is 1. The highest BCUT2D eigenvalue weighted by atomic mass is 35.5. The van der Waals surface area contributed by atoms with Crippen LogP contribution in [-0.2, 0) is 13.0 Å². The van der Waals surface area contributed by atoms with Crippen molar-refractivity contribution in [3.8, 4) is 17.2 Å². The molecule has 0 aliphatic carbocycles. The number of hydrogen-bond donors (Lipinski definition) is 1. The van der Waals surface area contributed by atoms with Crippen molar-refractivity contribution in [1.29, 1.82) is 0 Å². The molecule has 4 heteroatoms. The van der Waals surface area contributed by atoms with Gasteiger partial charge < -0.3 is 14.4 Å². The molecule has 1 N–H and O–H groups in total. The lowest BCUT2D eigenvalue weighted by Crippen LogP contribution is -2.03. The quantitative estimate of drug-likeness (QED) is 0.353. The summed E-state index contributed by atoms with van der Waals surface area (Å²) in [6.07, 6.45) is 3.11. The largest absolute Gasteiger partial charge is 0.508 e. The van der Waals surface area contributed by atoms with Crippen LogP contribution in [0.5, 0.6) is 17.2 Å². The zero-order valence-corrected chi connectivity index (χ0v) is 17.2. The molecule has 0 bridgehead atoms. The van der Waals surface area contributed by atoms with Crippen LogP contribution in [0.3, 0.4) is 0 Å². The second-order valence-corrected chi connectivity index (χ2v) is 7.70. The molecule has 0 atom stereocenters. The number of phenols is 1. The minimum Gasteiger partial charge on any atom is -0.508 e.